The Morgan fingerprint density at radius 1 is 1.50 bits per heavy atom. The van der Waals surface area contributed by atoms with Crippen molar-refractivity contribution in [2.24, 2.45) is 11.0 Å². The summed E-state index contributed by atoms with van der Waals surface area (Å²) in [6, 6.07) is 7.65. The van der Waals surface area contributed by atoms with E-state index in [-0.39, 0.29) is 12.5 Å². The highest BCUT2D eigenvalue weighted by atomic mass is 16.5. The maximum absolute atomic E-state index is 11.7. The molecule has 1 saturated carbocycles. The van der Waals surface area contributed by atoms with Gasteiger partial charge in [0, 0.05) is 5.71 Å². The number of benzene rings is 1. The lowest BCUT2D eigenvalue weighted by Crippen LogP contribution is -2.27. The highest BCUT2D eigenvalue weighted by Crippen LogP contribution is 2.20. The number of hydrogen-bond acceptors (Lipinski definition) is 3. The molecule has 0 spiro atoms. The van der Waals surface area contributed by atoms with Crippen LogP contribution in [-0.2, 0) is 4.79 Å². The third kappa shape index (κ3) is 4.68. The van der Waals surface area contributed by atoms with Crippen LogP contribution in [0.1, 0.15) is 38.2 Å². The summed E-state index contributed by atoms with van der Waals surface area (Å²) in [5.74, 6) is 1.17. The summed E-state index contributed by atoms with van der Waals surface area (Å²) in [7, 11) is 0. The van der Waals surface area contributed by atoms with Crippen LogP contribution in [0.5, 0.6) is 5.75 Å². The van der Waals surface area contributed by atoms with E-state index in [0.717, 1.165) is 30.5 Å². The molecule has 1 amide bonds. The molecule has 1 aromatic carbocycles. The molecular weight excluding hydrogens is 252 g/mol. The van der Waals surface area contributed by atoms with E-state index in [4.69, 9.17) is 4.74 Å². The van der Waals surface area contributed by atoms with Crippen LogP contribution in [0.3, 0.4) is 0 Å². The second-order valence-corrected chi connectivity index (χ2v) is 5.52. The maximum Gasteiger partial charge on any atom is 0.277 e. The van der Waals surface area contributed by atoms with E-state index in [9.17, 15) is 4.79 Å². The quantitative estimate of drug-likeness (QED) is 0.858. The van der Waals surface area contributed by atoms with Gasteiger partial charge in [0.1, 0.15) is 5.75 Å². The van der Waals surface area contributed by atoms with E-state index in [1.165, 1.54) is 6.42 Å². The number of nitrogens with one attached hydrogen (secondary N) is 1. The standard InChI is InChI=1S/C16H22N2O2/c1-12-5-3-7-14(9-12)17-18-16(19)11-20-15-8-4-6-13(2)10-15/h4,6,8,10,12H,3,5,7,9,11H2,1-2H3,(H,18,19)/b17-14+. The topological polar surface area (TPSA) is 50.7 Å². The Labute approximate surface area is 120 Å². The smallest absolute Gasteiger partial charge is 0.277 e. The number of hydrogen-bond donors (Lipinski definition) is 1. The number of hydrazone groups is 1. The van der Waals surface area contributed by atoms with Gasteiger partial charge in [0.05, 0.1) is 0 Å². The highest BCUT2D eigenvalue weighted by Gasteiger charge is 2.14. The molecule has 0 aliphatic heterocycles. The van der Waals surface area contributed by atoms with Gasteiger partial charge < -0.3 is 4.74 Å². The molecule has 2 rings (SSSR count). The van der Waals surface area contributed by atoms with Gasteiger partial charge in [-0.25, -0.2) is 5.43 Å². The molecule has 0 saturated heterocycles. The van der Waals surface area contributed by atoms with Crippen molar-refractivity contribution in [3.05, 3.63) is 29.8 Å². The molecule has 1 fully saturated rings. The fourth-order valence-electron chi connectivity index (χ4n) is 2.39. The summed E-state index contributed by atoms with van der Waals surface area (Å²) < 4.78 is 5.43. The number of ether oxygens (including phenoxy) is 1. The minimum atomic E-state index is -0.211. The Hall–Kier alpha value is -1.84. The molecule has 0 heterocycles. The Morgan fingerprint density at radius 2 is 2.35 bits per heavy atom. The van der Waals surface area contributed by atoms with Gasteiger partial charge in [-0.05, 0) is 56.2 Å². The molecule has 1 atom stereocenters. The zero-order valence-electron chi connectivity index (χ0n) is 12.2. The van der Waals surface area contributed by atoms with Gasteiger partial charge >= 0.3 is 0 Å². The Bertz CT molecular complexity index is 497. The van der Waals surface area contributed by atoms with Crippen molar-refractivity contribution in [3.8, 4) is 5.75 Å². The normalized spacial score (nSPS) is 20.7. The van der Waals surface area contributed by atoms with Crippen LogP contribution >= 0.6 is 0 Å². The third-order valence-corrected chi connectivity index (χ3v) is 3.44. The third-order valence-electron chi connectivity index (χ3n) is 3.44. The van der Waals surface area contributed by atoms with Gasteiger partial charge in [-0.1, -0.05) is 19.1 Å². The highest BCUT2D eigenvalue weighted by molar-refractivity contribution is 5.87. The molecular formula is C16H22N2O2. The summed E-state index contributed by atoms with van der Waals surface area (Å²) in [6.45, 7) is 4.20. The average molecular weight is 274 g/mol. The lowest BCUT2D eigenvalue weighted by Gasteiger charge is -2.18. The van der Waals surface area contributed by atoms with E-state index in [2.05, 4.69) is 17.5 Å². The molecule has 108 valence electrons. The van der Waals surface area contributed by atoms with Crippen molar-refractivity contribution in [2.45, 2.75) is 39.5 Å². The van der Waals surface area contributed by atoms with Crippen LogP contribution in [-0.4, -0.2) is 18.2 Å². The van der Waals surface area contributed by atoms with Gasteiger partial charge in [-0.2, -0.15) is 5.10 Å². The minimum Gasteiger partial charge on any atom is -0.484 e. The molecule has 4 heteroatoms. The van der Waals surface area contributed by atoms with Gasteiger partial charge in [0.25, 0.3) is 5.91 Å². The van der Waals surface area contributed by atoms with Crippen molar-refractivity contribution in [1.82, 2.24) is 5.43 Å². The SMILES string of the molecule is Cc1cccc(OCC(=O)N/N=C2\CCCC(C)C2)c1. The predicted molar refractivity (Wildman–Crippen MR) is 79.9 cm³/mol. The first kappa shape index (κ1) is 14.6. The number of carbonyl (C=O) groups is 1. The summed E-state index contributed by atoms with van der Waals surface area (Å²) in [6.07, 6.45) is 4.39. The zero-order valence-corrected chi connectivity index (χ0v) is 12.2. The summed E-state index contributed by atoms with van der Waals surface area (Å²) in [5.41, 5.74) is 4.78. The van der Waals surface area contributed by atoms with Gasteiger partial charge in [-0.3, -0.25) is 4.79 Å². The van der Waals surface area contributed by atoms with Crippen LogP contribution in [0.25, 0.3) is 0 Å². The first-order valence-corrected chi connectivity index (χ1v) is 7.17. The first-order chi connectivity index (χ1) is 9.63. The Morgan fingerprint density at radius 3 is 3.10 bits per heavy atom. The monoisotopic (exact) mass is 274 g/mol. The number of rotatable bonds is 4. The molecule has 1 N–H and O–H groups in total. The van der Waals surface area contributed by atoms with Crippen LogP contribution in [0.4, 0.5) is 0 Å². The molecule has 1 aliphatic rings. The van der Waals surface area contributed by atoms with Crippen molar-refractivity contribution < 1.29 is 9.53 Å². The van der Waals surface area contributed by atoms with E-state index in [1.807, 2.05) is 31.2 Å². The number of carbonyl (C=O) groups excluding carboxylic acids is 1. The lowest BCUT2D eigenvalue weighted by atomic mass is 9.89. The fraction of sp³-hybridized carbons (Fsp3) is 0.500. The van der Waals surface area contributed by atoms with Crippen molar-refractivity contribution in [1.29, 1.82) is 0 Å². The predicted octanol–water partition coefficient (Wildman–Crippen LogP) is 3.06. The largest absolute Gasteiger partial charge is 0.484 e. The van der Waals surface area contributed by atoms with E-state index in [1.54, 1.807) is 0 Å². The summed E-state index contributed by atoms with van der Waals surface area (Å²) in [5, 5.41) is 4.20. The lowest BCUT2D eigenvalue weighted by molar-refractivity contribution is -0.123. The second kappa shape index (κ2) is 7.08. The van der Waals surface area contributed by atoms with Crippen molar-refractivity contribution in [3.63, 3.8) is 0 Å². The van der Waals surface area contributed by atoms with Crippen LogP contribution in [0.15, 0.2) is 29.4 Å². The molecule has 4 nitrogen and oxygen atoms in total. The molecule has 0 radical (unpaired) electrons. The number of nitrogens with zero attached hydrogens (tertiary/aromatic N) is 1. The Balaban J connectivity index is 1.76. The first-order valence-electron chi connectivity index (χ1n) is 7.17. The fourth-order valence-corrected chi connectivity index (χ4v) is 2.39. The van der Waals surface area contributed by atoms with Crippen molar-refractivity contribution in [2.75, 3.05) is 6.61 Å². The molecule has 20 heavy (non-hydrogen) atoms. The molecule has 0 aromatic heterocycles. The van der Waals surface area contributed by atoms with Crippen LogP contribution in [0, 0.1) is 12.8 Å². The average Bonchev–Trinajstić information content (AvgIpc) is 2.43. The Kier molecular flexibility index (Phi) is 5.16. The summed E-state index contributed by atoms with van der Waals surface area (Å²) in [4.78, 5) is 11.7. The van der Waals surface area contributed by atoms with Gasteiger partial charge in [0.15, 0.2) is 6.61 Å². The maximum atomic E-state index is 11.7. The summed E-state index contributed by atoms with van der Waals surface area (Å²) >= 11 is 0. The molecule has 1 aromatic rings. The zero-order chi connectivity index (χ0) is 14.4. The second-order valence-electron chi connectivity index (χ2n) is 5.52. The molecule has 0 bridgehead atoms. The minimum absolute atomic E-state index is 0.00418. The van der Waals surface area contributed by atoms with E-state index >= 15 is 0 Å². The van der Waals surface area contributed by atoms with Gasteiger partial charge in [-0.15, -0.1) is 0 Å². The molecule has 1 unspecified atom stereocenters. The number of aryl methyl sites for hydroxylation is 1. The van der Waals surface area contributed by atoms with Crippen LogP contribution in [0.2, 0.25) is 0 Å². The van der Waals surface area contributed by atoms with E-state index < -0.39 is 0 Å². The van der Waals surface area contributed by atoms with Crippen LogP contribution < -0.4 is 10.2 Å². The van der Waals surface area contributed by atoms with Crippen molar-refractivity contribution >= 4 is 11.6 Å². The number of amides is 1. The van der Waals surface area contributed by atoms with E-state index in [0.29, 0.717) is 11.7 Å². The molecule has 1 aliphatic carbocycles. The van der Waals surface area contributed by atoms with Gasteiger partial charge in [0.2, 0.25) is 0 Å².